The number of hydrogen-bond donors (Lipinski definition) is 1. The number of aliphatic carboxylic acids is 1. The molecule has 1 N–H and O–H groups in total. The van der Waals surface area contributed by atoms with Crippen LogP contribution in [0.1, 0.15) is 25.5 Å². The van der Waals surface area contributed by atoms with Crippen LogP contribution in [0.4, 0.5) is 11.5 Å². The predicted octanol–water partition coefficient (Wildman–Crippen LogP) is 1.42. The van der Waals surface area contributed by atoms with Gasteiger partial charge in [-0.3, -0.25) is 14.9 Å². The van der Waals surface area contributed by atoms with Gasteiger partial charge in [0.15, 0.2) is 0 Å². The number of carboxylic acids is 1. The number of carboxylic acid groups (broad SMARTS) is 1. The largest absolute Gasteiger partial charge is 0.481 e. The molecule has 1 aliphatic heterocycles. The van der Waals surface area contributed by atoms with Crippen LogP contribution in [0.5, 0.6) is 0 Å². The Bertz CT molecular complexity index is 540. The van der Waals surface area contributed by atoms with Crippen molar-refractivity contribution in [2.24, 2.45) is 5.92 Å². The topological polar surface area (TPSA) is 101 Å². The van der Waals surface area contributed by atoms with E-state index in [-0.39, 0.29) is 5.69 Å². The number of aryl methyl sites for hydroxylation is 2. The number of rotatable bonds is 4. The van der Waals surface area contributed by atoms with Crippen molar-refractivity contribution < 1.29 is 14.8 Å². The molecular weight excluding hydrogens is 264 g/mol. The van der Waals surface area contributed by atoms with Gasteiger partial charge in [0.05, 0.1) is 10.8 Å². The first kappa shape index (κ1) is 14.3. The zero-order chi connectivity index (χ0) is 14.9. The highest BCUT2D eigenvalue weighted by atomic mass is 16.6. The molecule has 8 nitrogen and oxygen atoms in total. The van der Waals surface area contributed by atoms with Crippen LogP contribution >= 0.6 is 0 Å². The Labute approximate surface area is 116 Å². The van der Waals surface area contributed by atoms with Crippen LogP contribution in [0, 0.1) is 23.0 Å². The average molecular weight is 282 g/mol. The monoisotopic (exact) mass is 282 g/mol. The van der Waals surface area contributed by atoms with Crippen molar-refractivity contribution in [2.45, 2.75) is 33.2 Å². The maximum atomic E-state index is 11.2. The Hall–Kier alpha value is -2.12. The number of anilines is 1. The zero-order valence-electron chi connectivity index (χ0n) is 11.6. The normalized spacial score (nSPS) is 19.1. The van der Waals surface area contributed by atoms with E-state index in [1.165, 1.54) is 0 Å². The fourth-order valence-electron chi connectivity index (χ4n) is 2.68. The molecule has 8 heteroatoms. The van der Waals surface area contributed by atoms with E-state index in [0.29, 0.717) is 44.0 Å². The molecule has 0 spiro atoms. The first-order valence-electron chi connectivity index (χ1n) is 6.65. The van der Waals surface area contributed by atoms with Crippen LogP contribution in [0.15, 0.2) is 0 Å². The van der Waals surface area contributed by atoms with Crippen LogP contribution < -0.4 is 4.90 Å². The number of hydrogen-bond acceptors (Lipinski definition) is 5. The van der Waals surface area contributed by atoms with Crippen molar-refractivity contribution in [1.82, 2.24) is 9.78 Å². The lowest BCUT2D eigenvalue weighted by molar-refractivity contribution is -0.384. The first-order chi connectivity index (χ1) is 9.45. The van der Waals surface area contributed by atoms with Gasteiger partial charge in [0.1, 0.15) is 5.69 Å². The summed E-state index contributed by atoms with van der Waals surface area (Å²) in [6.07, 6.45) is 1.32. The summed E-state index contributed by atoms with van der Waals surface area (Å²) < 4.78 is 1.58. The third kappa shape index (κ3) is 2.45. The van der Waals surface area contributed by atoms with Crippen LogP contribution in [0.3, 0.4) is 0 Å². The third-order valence-corrected chi connectivity index (χ3v) is 3.62. The predicted molar refractivity (Wildman–Crippen MR) is 71.9 cm³/mol. The Morgan fingerprint density at radius 1 is 1.60 bits per heavy atom. The van der Waals surface area contributed by atoms with Gasteiger partial charge in [-0.15, -0.1) is 0 Å². The molecule has 20 heavy (non-hydrogen) atoms. The lowest BCUT2D eigenvalue weighted by Gasteiger charge is -2.31. The summed E-state index contributed by atoms with van der Waals surface area (Å²) in [5.41, 5.74) is 0.349. The number of carbonyl (C=O) groups is 1. The third-order valence-electron chi connectivity index (χ3n) is 3.62. The van der Waals surface area contributed by atoms with Crippen molar-refractivity contribution in [1.29, 1.82) is 0 Å². The first-order valence-corrected chi connectivity index (χ1v) is 6.65. The van der Waals surface area contributed by atoms with Crippen molar-refractivity contribution in [3.8, 4) is 0 Å². The van der Waals surface area contributed by atoms with Gasteiger partial charge in [0.2, 0.25) is 5.82 Å². The molecule has 0 aromatic carbocycles. The zero-order valence-corrected chi connectivity index (χ0v) is 11.6. The standard InChI is InChI=1S/C12H18N4O4/c1-3-15-11(10(16(19)20)8(2)13-15)14-6-4-5-9(7-14)12(17)18/h9H,3-7H2,1-2H3,(H,17,18). The van der Waals surface area contributed by atoms with Gasteiger partial charge in [-0.1, -0.05) is 0 Å². The maximum Gasteiger partial charge on any atom is 0.333 e. The van der Waals surface area contributed by atoms with Gasteiger partial charge < -0.3 is 10.0 Å². The summed E-state index contributed by atoms with van der Waals surface area (Å²) in [6, 6.07) is 0. The molecule has 2 heterocycles. The van der Waals surface area contributed by atoms with Crippen LogP contribution in [-0.2, 0) is 11.3 Å². The summed E-state index contributed by atoms with van der Waals surface area (Å²) in [5, 5.41) is 24.6. The lowest BCUT2D eigenvalue weighted by atomic mass is 9.98. The quantitative estimate of drug-likeness (QED) is 0.662. The number of nitro groups is 1. The van der Waals surface area contributed by atoms with Gasteiger partial charge in [-0.05, 0) is 26.7 Å². The molecule has 0 amide bonds. The van der Waals surface area contributed by atoms with E-state index < -0.39 is 16.8 Å². The van der Waals surface area contributed by atoms with Gasteiger partial charge in [-0.2, -0.15) is 5.10 Å². The van der Waals surface area contributed by atoms with Crippen molar-refractivity contribution in [3.05, 3.63) is 15.8 Å². The molecule has 1 saturated heterocycles. The molecule has 0 aliphatic carbocycles. The smallest absolute Gasteiger partial charge is 0.333 e. The minimum Gasteiger partial charge on any atom is -0.481 e. The van der Waals surface area contributed by atoms with E-state index >= 15 is 0 Å². The summed E-state index contributed by atoms with van der Waals surface area (Å²) in [5.74, 6) is -0.901. The van der Waals surface area contributed by atoms with E-state index in [2.05, 4.69) is 5.10 Å². The molecule has 0 radical (unpaired) electrons. The highest BCUT2D eigenvalue weighted by Gasteiger charge is 2.33. The highest BCUT2D eigenvalue weighted by molar-refractivity contribution is 5.72. The van der Waals surface area contributed by atoms with Crippen LogP contribution in [0.2, 0.25) is 0 Å². The van der Waals surface area contributed by atoms with Gasteiger partial charge >= 0.3 is 11.7 Å². The highest BCUT2D eigenvalue weighted by Crippen LogP contribution is 2.34. The summed E-state index contributed by atoms with van der Waals surface area (Å²) in [4.78, 5) is 23.7. The molecular formula is C12H18N4O4. The maximum absolute atomic E-state index is 11.2. The SMILES string of the molecule is CCn1nc(C)c([N+](=O)[O-])c1N1CCCC(C(=O)O)C1. The number of aromatic nitrogens is 2. The Balaban J connectivity index is 2.40. The lowest BCUT2D eigenvalue weighted by Crippen LogP contribution is -2.40. The molecule has 0 bridgehead atoms. The van der Waals surface area contributed by atoms with E-state index in [1.807, 2.05) is 6.92 Å². The summed E-state index contributed by atoms with van der Waals surface area (Å²) in [6.45, 7) is 4.89. The van der Waals surface area contributed by atoms with E-state index in [0.717, 1.165) is 0 Å². The minimum absolute atomic E-state index is 0.0158. The fourth-order valence-corrected chi connectivity index (χ4v) is 2.68. The Morgan fingerprint density at radius 3 is 2.85 bits per heavy atom. The van der Waals surface area contributed by atoms with Gasteiger partial charge in [0.25, 0.3) is 0 Å². The Kier molecular flexibility index (Phi) is 3.91. The second kappa shape index (κ2) is 5.48. The molecule has 110 valence electrons. The van der Waals surface area contributed by atoms with Crippen LogP contribution in [-0.4, -0.2) is 38.9 Å². The molecule has 1 aromatic heterocycles. The summed E-state index contributed by atoms with van der Waals surface area (Å²) in [7, 11) is 0. The van der Waals surface area contributed by atoms with E-state index in [9.17, 15) is 14.9 Å². The molecule has 2 rings (SSSR count). The summed E-state index contributed by atoms with van der Waals surface area (Å²) >= 11 is 0. The van der Waals surface area contributed by atoms with E-state index in [4.69, 9.17) is 5.11 Å². The van der Waals surface area contributed by atoms with Crippen molar-refractivity contribution in [3.63, 3.8) is 0 Å². The van der Waals surface area contributed by atoms with Crippen molar-refractivity contribution in [2.75, 3.05) is 18.0 Å². The molecule has 1 atom stereocenters. The second-order valence-corrected chi connectivity index (χ2v) is 4.95. The van der Waals surface area contributed by atoms with Crippen molar-refractivity contribution >= 4 is 17.5 Å². The number of nitrogens with zero attached hydrogens (tertiary/aromatic N) is 4. The molecule has 1 unspecified atom stereocenters. The van der Waals surface area contributed by atoms with Crippen LogP contribution in [0.25, 0.3) is 0 Å². The molecule has 1 aromatic rings. The second-order valence-electron chi connectivity index (χ2n) is 4.95. The Morgan fingerprint density at radius 2 is 2.30 bits per heavy atom. The van der Waals surface area contributed by atoms with E-state index in [1.54, 1.807) is 16.5 Å². The van der Waals surface area contributed by atoms with Gasteiger partial charge in [0, 0.05) is 19.6 Å². The molecule has 0 saturated carbocycles. The molecule has 1 fully saturated rings. The van der Waals surface area contributed by atoms with Gasteiger partial charge in [-0.25, -0.2) is 4.68 Å². The fraction of sp³-hybridized carbons (Fsp3) is 0.667. The molecule has 1 aliphatic rings. The number of piperidine rings is 1. The average Bonchev–Trinajstić information content (AvgIpc) is 2.75. The minimum atomic E-state index is -0.850.